The lowest BCUT2D eigenvalue weighted by Crippen LogP contribution is -2.38. The highest BCUT2D eigenvalue weighted by Crippen LogP contribution is 2.31. The molecule has 2 unspecified atom stereocenters. The fourth-order valence-electron chi connectivity index (χ4n) is 2.90. The minimum atomic E-state index is -0.374. The molecule has 2 heterocycles. The van der Waals surface area contributed by atoms with Crippen LogP contribution in [0.25, 0.3) is 0 Å². The number of oxime groups is 1. The van der Waals surface area contributed by atoms with Crippen LogP contribution < -0.4 is 0 Å². The van der Waals surface area contributed by atoms with Gasteiger partial charge in [-0.15, -0.1) is 0 Å². The third-order valence-electron chi connectivity index (χ3n) is 4.25. The van der Waals surface area contributed by atoms with Crippen LogP contribution in [0.1, 0.15) is 37.3 Å². The fraction of sp³-hybridized carbons (Fsp3) is 0.474. The minimum Gasteiger partial charge on any atom is -0.449 e. The molecule has 0 spiro atoms. The van der Waals surface area contributed by atoms with E-state index < -0.39 is 0 Å². The van der Waals surface area contributed by atoms with E-state index in [0.717, 1.165) is 24.8 Å². The Bertz CT molecular complexity index is 702. The van der Waals surface area contributed by atoms with E-state index in [-0.39, 0.29) is 18.2 Å². The van der Waals surface area contributed by atoms with Crippen LogP contribution in [-0.2, 0) is 9.57 Å². The Hall–Kier alpha value is -2.48. The molecule has 0 aliphatic carbocycles. The number of carbonyl (C=O) groups is 1. The summed E-state index contributed by atoms with van der Waals surface area (Å²) in [4.78, 5) is 19.2. The third kappa shape index (κ3) is 3.53. The molecule has 1 aromatic carbocycles. The second-order valence-corrected chi connectivity index (χ2v) is 6.15. The van der Waals surface area contributed by atoms with E-state index in [2.05, 4.69) is 23.9 Å². The zero-order valence-electron chi connectivity index (χ0n) is 14.1. The number of nitrogens with zero attached hydrogens (tertiary/aromatic N) is 2. The summed E-state index contributed by atoms with van der Waals surface area (Å²) in [5.74, 6) is 6.28. The van der Waals surface area contributed by atoms with Crippen LogP contribution in [0.15, 0.2) is 29.4 Å². The Morgan fingerprint density at radius 2 is 2.33 bits per heavy atom. The van der Waals surface area contributed by atoms with Crippen LogP contribution in [0.3, 0.4) is 0 Å². The van der Waals surface area contributed by atoms with Crippen LogP contribution in [0.5, 0.6) is 0 Å². The van der Waals surface area contributed by atoms with Crippen molar-refractivity contribution in [2.45, 2.75) is 39.3 Å². The molecule has 1 amide bonds. The average Bonchev–Trinajstić information content (AvgIpc) is 3.15. The molecule has 126 valence electrons. The van der Waals surface area contributed by atoms with Crippen molar-refractivity contribution in [2.24, 2.45) is 11.1 Å². The summed E-state index contributed by atoms with van der Waals surface area (Å²) >= 11 is 0. The molecule has 1 fully saturated rings. The highest BCUT2D eigenvalue weighted by Gasteiger charge is 2.46. The first kappa shape index (κ1) is 16.4. The largest absolute Gasteiger partial charge is 0.449 e. The topological polar surface area (TPSA) is 51.1 Å². The maximum absolute atomic E-state index is 12.1. The Kier molecular flexibility index (Phi) is 5.05. The van der Waals surface area contributed by atoms with Gasteiger partial charge in [0.25, 0.3) is 0 Å². The van der Waals surface area contributed by atoms with Gasteiger partial charge in [0.2, 0.25) is 6.23 Å². The van der Waals surface area contributed by atoms with Crippen LogP contribution >= 0.6 is 0 Å². The number of fused-ring (bicyclic) bond motifs is 1. The van der Waals surface area contributed by atoms with Crippen molar-refractivity contribution in [1.82, 2.24) is 4.90 Å². The normalized spacial score (nSPS) is 21.4. The van der Waals surface area contributed by atoms with E-state index >= 15 is 0 Å². The predicted octanol–water partition coefficient (Wildman–Crippen LogP) is 3.32. The quantitative estimate of drug-likeness (QED) is 0.632. The monoisotopic (exact) mass is 326 g/mol. The van der Waals surface area contributed by atoms with Crippen molar-refractivity contribution in [3.8, 4) is 11.8 Å². The van der Waals surface area contributed by atoms with Gasteiger partial charge in [-0.05, 0) is 43.4 Å². The summed E-state index contributed by atoms with van der Waals surface area (Å²) in [5.41, 5.74) is 2.84. The summed E-state index contributed by atoms with van der Waals surface area (Å²) in [7, 11) is 0. The van der Waals surface area contributed by atoms with Gasteiger partial charge in [-0.1, -0.05) is 36.6 Å². The second-order valence-electron chi connectivity index (χ2n) is 6.15. The van der Waals surface area contributed by atoms with Gasteiger partial charge in [0.1, 0.15) is 5.71 Å². The van der Waals surface area contributed by atoms with Gasteiger partial charge in [0.05, 0.1) is 12.5 Å². The highest BCUT2D eigenvalue weighted by molar-refractivity contribution is 6.03. The Labute approximate surface area is 142 Å². The molecule has 0 N–H and O–H groups in total. The Morgan fingerprint density at radius 3 is 3.12 bits per heavy atom. The van der Waals surface area contributed by atoms with E-state index in [1.165, 1.54) is 5.56 Å². The van der Waals surface area contributed by atoms with Crippen molar-refractivity contribution in [1.29, 1.82) is 0 Å². The van der Waals surface area contributed by atoms with E-state index in [9.17, 15) is 4.79 Å². The van der Waals surface area contributed by atoms with Gasteiger partial charge in [-0.3, -0.25) is 4.90 Å². The molecule has 5 nitrogen and oxygen atoms in total. The number of rotatable bonds is 3. The molecule has 5 heteroatoms. The van der Waals surface area contributed by atoms with Crippen molar-refractivity contribution in [3.05, 3.63) is 35.4 Å². The van der Waals surface area contributed by atoms with E-state index in [4.69, 9.17) is 9.57 Å². The lowest BCUT2D eigenvalue weighted by molar-refractivity contribution is -0.0250. The van der Waals surface area contributed by atoms with Crippen molar-refractivity contribution >= 4 is 11.8 Å². The number of hydrogen-bond acceptors (Lipinski definition) is 4. The first-order valence-electron chi connectivity index (χ1n) is 8.45. The van der Waals surface area contributed by atoms with Crippen molar-refractivity contribution in [2.75, 3.05) is 13.2 Å². The summed E-state index contributed by atoms with van der Waals surface area (Å²) in [6.45, 7) is 5.17. The molecular formula is C19H22N2O3. The Balaban J connectivity index is 1.62. The van der Waals surface area contributed by atoms with Gasteiger partial charge in [-0.2, -0.15) is 0 Å². The molecule has 0 radical (unpaired) electrons. The smallest absolute Gasteiger partial charge is 0.412 e. The number of unbranched alkanes of at least 4 members (excludes halogenated alkanes) is 1. The van der Waals surface area contributed by atoms with E-state index in [0.29, 0.717) is 18.9 Å². The molecule has 2 aliphatic heterocycles. The predicted molar refractivity (Wildman–Crippen MR) is 91.4 cm³/mol. The van der Waals surface area contributed by atoms with Crippen molar-refractivity contribution in [3.63, 3.8) is 0 Å². The SMILES string of the molecule is CCCCOC(=O)N1CCC2C(C#Cc3cccc(C)c3)=NOC21. The molecule has 2 atom stereocenters. The van der Waals surface area contributed by atoms with Crippen molar-refractivity contribution < 1.29 is 14.4 Å². The summed E-state index contributed by atoms with van der Waals surface area (Å²) in [6, 6.07) is 8.03. The number of ether oxygens (including phenoxy) is 1. The van der Waals surface area contributed by atoms with Gasteiger partial charge in [-0.25, -0.2) is 4.79 Å². The third-order valence-corrected chi connectivity index (χ3v) is 4.25. The first-order chi connectivity index (χ1) is 11.7. The van der Waals surface area contributed by atoms with Gasteiger partial charge in [0, 0.05) is 12.1 Å². The van der Waals surface area contributed by atoms with E-state index in [1.54, 1.807) is 4.90 Å². The molecule has 1 saturated heterocycles. The summed E-state index contributed by atoms with van der Waals surface area (Å²) in [6.07, 6.45) is 1.98. The van der Waals surface area contributed by atoms with Crippen LogP contribution in [-0.4, -0.2) is 36.1 Å². The maximum atomic E-state index is 12.1. The van der Waals surface area contributed by atoms with Crippen LogP contribution in [0.4, 0.5) is 4.79 Å². The lowest BCUT2D eigenvalue weighted by atomic mass is 10.0. The summed E-state index contributed by atoms with van der Waals surface area (Å²) < 4.78 is 5.27. The lowest BCUT2D eigenvalue weighted by Gasteiger charge is -2.20. The molecule has 3 rings (SSSR count). The van der Waals surface area contributed by atoms with Crippen LogP contribution in [0.2, 0.25) is 0 Å². The molecule has 24 heavy (non-hydrogen) atoms. The molecule has 1 aromatic rings. The molecular weight excluding hydrogens is 304 g/mol. The minimum absolute atomic E-state index is 0.0426. The van der Waals surface area contributed by atoms with Gasteiger partial charge >= 0.3 is 6.09 Å². The van der Waals surface area contributed by atoms with Gasteiger partial charge < -0.3 is 9.57 Å². The number of carbonyl (C=O) groups excluding carboxylic acids is 1. The molecule has 0 saturated carbocycles. The zero-order chi connectivity index (χ0) is 16.9. The number of amides is 1. The summed E-state index contributed by atoms with van der Waals surface area (Å²) in [5, 5.41) is 4.08. The first-order valence-corrected chi connectivity index (χ1v) is 8.45. The number of benzene rings is 1. The Morgan fingerprint density at radius 1 is 1.46 bits per heavy atom. The highest BCUT2D eigenvalue weighted by atomic mass is 16.7. The maximum Gasteiger partial charge on any atom is 0.412 e. The number of aryl methyl sites for hydroxylation is 1. The standard InChI is InChI=1S/C19H22N2O3/c1-3-4-12-23-19(22)21-11-10-16-17(20-24-18(16)21)9-8-15-7-5-6-14(2)13-15/h5-7,13,16,18H,3-4,10-12H2,1-2H3. The molecule has 0 bridgehead atoms. The van der Waals surface area contributed by atoms with Gasteiger partial charge in [0.15, 0.2) is 0 Å². The zero-order valence-corrected chi connectivity index (χ0v) is 14.1. The van der Waals surface area contributed by atoms with E-state index in [1.807, 2.05) is 31.2 Å². The average molecular weight is 326 g/mol. The molecule has 0 aromatic heterocycles. The fourth-order valence-corrected chi connectivity index (χ4v) is 2.90. The number of likely N-dealkylation sites (tertiary alicyclic amines) is 1. The number of hydrogen-bond donors (Lipinski definition) is 0. The molecule has 2 aliphatic rings. The van der Waals surface area contributed by atoms with Crippen LogP contribution in [0, 0.1) is 24.7 Å². The second kappa shape index (κ2) is 7.39.